The molecule has 8 heteroatoms. The van der Waals surface area contributed by atoms with E-state index in [1.54, 1.807) is 0 Å². The predicted octanol–water partition coefficient (Wildman–Crippen LogP) is 3.50. The van der Waals surface area contributed by atoms with Crippen molar-refractivity contribution in [1.82, 2.24) is 0 Å². The number of halogens is 2. The topological polar surface area (TPSA) is 68.0 Å². The van der Waals surface area contributed by atoms with Crippen molar-refractivity contribution in [3.8, 4) is 11.5 Å². The zero-order chi connectivity index (χ0) is 18.4. The number of alkyl halides is 1. The number of nitrogens with zero attached hydrogens (tertiary/aromatic N) is 1. The van der Waals surface area contributed by atoms with E-state index in [1.165, 1.54) is 18.2 Å². The monoisotopic (exact) mass is 365 g/mol. The summed E-state index contributed by atoms with van der Waals surface area (Å²) in [5, 5.41) is 10.0. The van der Waals surface area contributed by atoms with Gasteiger partial charge in [0, 0.05) is 29.9 Å². The molecule has 5 nitrogen and oxygen atoms in total. The van der Waals surface area contributed by atoms with Crippen molar-refractivity contribution in [2.24, 2.45) is 0 Å². The Morgan fingerprint density at radius 3 is 2.68 bits per heavy atom. The maximum atomic E-state index is 14.0. The molecule has 25 heavy (non-hydrogen) atoms. The van der Waals surface area contributed by atoms with E-state index in [9.17, 15) is 22.3 Å². The minimum absolute atomic E-state index is 0.0251. The van der Waals surface area contributed by atoms with Crippen molar-refractivity contribution < 1.29 is 27.0 Å². The SMILES string of the molecule is [C-]#[N+]c1cc(F)cc(Oc2ccc(S(C)(=O)=O)c3c2CC(F)C3O)c1. The maximum absolute atomic E-state index is 14.0. The summed E-state index contributed by atoms with van der Waals surface area (Å²) >= 11 is 0. The molecule has 0 radical (unpaired) electrons. The molecule has 0 saturated heterocycles. The van der Waals surface area contributed by atoms with Gasteiger partial charge in [-0.1, -0.05) is 0 Å². The fraction of sp³-hybridized carbons (Fsp3) is 0.235. The Hall–Kier alpha value is -2.50. The molecule has 0 aliphatic heterocycles. The van der Waals surface area contributed by atoms with Gasteiger partial charge >= 0.3 is 0 Å². The van der Waals surface area contributed by atoms with Crippen molar-refractivity contribution in [3.63, 3.8) is 0 Å². The van der Waals surface area contributed by atoms with Crippen LogP contribution in [0.1, 0.15) is 17.2 Å². The highest BCUT2D eigenvalue weighted by atomic mass is 32.2. The predicted molar refractivity (Wildman–Crippen MR) is 85.8 cm³/mol. The molecular weight excluding hydrogens is 352 g/mol. The number of fused-ring (bicyclic) bond motifs is 1. The van der Waals surface area contributed by atoms with Crippen LogP contribution >= 0.6 is 0 Å². The van der Waals surface area contributed by atoms with Crippen LogP contribution in [0.25, 0.3) is 4.85 Å². The Balaban J connectivity index is 2.11. The lowest BCUT2D eigenvalue weighted by Gasteiger charge is -2.14. The lowest BCUT2D eigenvalue weighted by Crippen LogP contribution is -2.10. The molecule has 1 aliphatic carbocycles. The number of benzene rings is 2. The molecule has 0 bridgehead atoms. The molecule has 0 saturated carbocycles. The number of hydrogen-bond donors (Lipinski definition) is 1. The number of aliphatic hydroxyl groups is 1. The Labute approximate surface area is 143 Å². The molecule has 0 heterocycles. The van der Waals surface area contributed by atoms with Crippen LogP contribution in [0.2, 0.25) is 0 Å². The normalized spacial score (nSPS) is 19.3. The van der Waals surface area contributed by atoms with Gasteiger partial charge in [-0.3, -0.25) is 0 Å². The second-order valence-corrected chi connectivity index (χ2v) is 7.73. The fourth-order valence-electron chi connectivity index (χ4n) is 2.86. The summed E-state index contributed by atoms with van der Waals surface area (Å²) in [6, 6.07) is 5.97. The van der Waals surface area contributed by atoms with Crippen LogP contribution in [0.15, 0.2) is 35.2 Å². The van der Waals surface area contributed by atoms with Crippen molar-refractivity contribution >= 4 is 15.5 Å². The van der Waals surface area contributed by atoms with E-state index in [0.29, 0.717) is 0 Å². The summed E-state index contributed by atoms with van der Waals surface area (Å²) in [4.78, 5) is 2.96. The summed E-state index contributed by atoms with van der Waals surface area (Å²) < 4.78 is 56.8. The van der Waals surface area contributed by atoms with Gasteiger partial charge in [-0.15, -0.1) is 0 Å². The van der Waals surface area contributed by atoms with Gasteiger partial charge in [0.1, 0.15) is 29.6 Å². The summed E-state index contributed by atoms with van der Waals surface area (Å²) in [5.74, 6) is -0.531. The third-order valence-corrected chi connectivity index (χ3v) is 5.08. The van der Waals surface area contributed by atoms with E-state index >= 15 is 0 Å². The average Bonchev–Trinajstić information content (AvgIpc) is 2.82. The van der Waals surface area contributed by atoms with E-state index in [0.717, 1.165) is 18.4 Å². The number of sulfone groups is 1. The molecule has 0 fully saturated rings. The van der Waals surface area contributed by atoms with Gasteiger partial charge in [0.05, 0.1) is 11.5 Å². The number of rotatable bonds is 3. The van der Waals surface area contributed by atoms with Gasteiger partial charge in [-0.05, 0) is 24.3 Å². The maximum Gasteiger partial charge on any atom is 0.193 e. The Bertz CT molecular complexity index is 998. The van der Waals surface area contributed by atoms with Crippen LogP contribution in [0.3, 0.4) is 0 Å². The molecule has 2 aromatic carbocycles. The van der Waals surface area contributed by atoms with Crippen LogP contribution in [-0.4, -0.2) is 26.0 Å². The van der Waals surface area contributed by atoms with Crippen molar-refractivity contribution in [2.45, 2.75) is 23.6 Å². The highest BCUT2D eigenvalue weighted by molar-refractivity contribution is 7.90. The molecule has 2 atom stereocenters. The highest BCUT2D eigenvalue weighted by Crippen LogP contribution is 2.43. The second kappa shape index (κ2) is 6.10. The number of aliphatic hydroxyl groups excluding tert-OH is 1. The largest absolute Gasteiger partial charge is 0.458 e. The zero-order valence-corrected chi connectivity index (χ0v) is 13.8. The lowest BCUT2D eigenvalue weighted by molar-refractivity contribution is 0.0907. The number of hydrogen-bond acceptors (Lipinski definition) is 4. The van der Waals surface area contributed by atoms with Gasteiger partial charge in [-0.2, -0.15) is 0 Å². The molecule has 3 rings (SSSR count). The smallest absolute Gasteiger partial charge is 0.193 e. The molecule has 0 spiro atoms. The molecular formula is C17H13F2NO4S. The molecule has 0 aromatic heterocycles. The van der Waals surface area contributed by atoms with E-state index in [1.807, 2.05) is 0 Å². The molecule has 1 N–H and O–H groups in total. The minimum Gasteiger partial charge on any atom is -0.458 e. The van der Waals surface area contributed by atoms with E-state index in [-0.39, 0.29) is 39.6 Å². The Kier molecular flexibility index (Phi) is 4.22. The van der Waals surface area contributed by atoms with Crippen LogP contribution < -0.4 is 4.74 Å². The van der Waals surface area contributed by atoms with Gasteiger partial charge in [0.15, 0.2) is 15.5 Å². The Morgan fingerprint density at radius 1 is 1.32 bits per heavy atom. The van der Waals surface area contributed by atoms with Crippen molar-refractivity contribution in [1.29, 1.82) is 0 Å². The molecule has 0 amide bonds. The summed E-state index contributed by atoms with van der Waals surface area (Å²) in [5.41, 5.74) is 0.216. The third-order valence-electron chi connectivity index (χ3n) is 3.92. The standard InChI is InChI=1S/C17H13F2NO4S/c1-20-10-5-9(18)6-11(7-10)24-14-3-4-15(25(2,22)23)16-12(14)8-13(19)17(16)21/h3-7,13,17,21H,8H2,2H3. The van der Waals surface area contributed by atoms with E-state index in [2.05, 4.69) is 4.85 Å². The molecule has 1 aliphatic rings. The minimum atomic E-state index is -3.67. The quantitative estimate of drug-likeness (QED) is 0.846. The average molecular weight is 365 g/mol. The summed E-state index contributed by atoms with van der Waals surface area (Å²) in [6.07, 6.45) is -2.49. The van der Waals surface area contributed by atoms with Crippen LogP contribution in [-0.2, 0) is 16.3 Å². The third kappa shape index (κ3) is 3.21. The second-order valence-electron chi connectivity index (χ2n) is 5.75. The molecule has 2 aromatic rings. The van der Waals surface area contributed by atoms with Crippen molar-refractivity contribution in [2.75, 3.05) is 6.26 Å². The highest BCUT2D eigenvalue weighted by Gasteiger charge is 2.37. The first-order valence-corrected chi connectivity index (χ1v) is 9.13. The van der Waals surface area contributed by atoms with Gasteiger partial charge in [-0.25, -0.2) is 22.0 Å². The van der Waals surface area contributed by atoms with E-state index in [4.69, 9.17) is 11.3 Å². The zero-order valence-electron chi connectivity index (χ0n) is 13.0. The van der Waals surface area contributed by atoms with Crippen LogP contribution in [0.5, 0.6) is 11.5 Å². The Morgan fingerprint density at radius 2 is 2.04 bits per heavy atom. The van der Waals surface area contributed by atoms with E-state index < -0.39 is 27.9 Å². The first-order chi connectivity index (χ1) is 11.7. The molecule has 2 unspecified atom stereocenters. The van der Waals surface area contributed by atoms with Gasteiger partial charge in [0.25, 0.3) is 0 Å². The van der Waals surface area contributed by atoms with Gasteiger partial charge in [0.2, 0.25) is 0 Å². The van der Waals surface area contributed by atoms with Crippen LogP contribution in [0, 0.1) is 12.4 Å². The van der Waals surface area contributed by atoms with Crippen molar-refractivity contribution in [3.05, 3.63) is 58.7 Å². The van der Waals surface area contributed by atoms with Crippen LogP contribution in [0.4, 0.5) is 14.5 Å². The van der Waals surface area contributed by atoms with Gasteiger partial charge < -0.3 is 9.84 Å². The first-order valence-electron chi connectivity index (χ1n) is 7.24. The summed E-state index contributed by atoms with van der Waals surface area (Å²) in [7, 11) is -3.67. The summed E-state index contributed by atoms with van der Waals surface area (Å²) in [6.45, 7) is 6.94. The number of ether oxygens (including phenoxy) is 1. The fourth-order valence-corrected chi connectivity index (χ4v) is 3.82. The first kappa shape index (κ1) is 17.3. The lowest BCUT2D eigenvalue weighted by atomic mass is 10.1. The molecule has 130 valence electrons.